The fourth-order valence-electron chi connectivity index (χ4n) is 3.53. The second-order valence-electron chi connectivity index (χ2n) is 9.41. The van der Waals surface area contributed by atoms with Crippen LogP contribution in [-0.4, -0.2) is 72.7 Å². The molecule has 8 heteroatoms. The number of carboxylic acids is 1. The van der Waals surface area contributed by atoms with Gasteiger partial charge in [0.2, 0.25) is 10.0 Å². The molecule has 0 bridgehead atoms. The quantitative estimate of drug-likeness (QED) is 0.612. The molecule has 1 aliphatic rings. The van der Waals surface area contributed by atoms with Gasteiger partial charge in [-0.2, -0.15) is 4.31 Å². The van der Waals surface area contributed by atoms with E-state index in [0.29, 0.717) is 0 Å². The van der Waals surface area contributed by atoms with E-state index in [1.807, 2.05) is 38.4 Å². The van der Waals surface area contributed by atoms with Crippen molar-refractivity contribution in [2.24, 2.45) is 5.41 Å². The summed E-state index contributed by atoms with van der Waals surface area (Å²) in [5.74, 6) is -1.19. The maximum atomic E-state index is 12.3. The summed E-state index contributed by atoms with van der Waals surface area (Å²) in [4.78, 5) is 16.0. The first-order valence-corrected chi connectivity index (χ1v) is 11.7. The van der Waals surface area contributed by atoms with Crippen molar-refractivity contribution in [1.29, 1.82) is 0 Å². The summed E-state index contributed by atoms with van der Waals surface area (Å²) >= 11 is 0. The standard InChI is InChI=1S/C21H35N3O4S/c1-21(2,3)10-11-23(16-22(4)5)14-17-7-6-8-18(13-17)15-24-19(20(25)26)9-12-29(24,27)28/h6-8,13,19H,9-12,14-16H2,1-5H3,(H,25,26)/t19-/m0/s1. The number of nitrogens with zero attached hydrogens (tertiary/aromatic N) is 3. The topological polar surface area (TPSA) is 81.2 Å². The zero-order valence-corrected chi connectivity index (χ0v) is 19.1. The Kier molecular flexibility index (Phi) is 7.84. The lowest BCUT2D eigenvalue weighted by molar-refractivity contribution is -0.141. The number of rotatable bonds is 9. The van der Waals surface area contributed by atoms with Crippen LogP contribution >= 0.6 is 0 Å². The molecule has 1 N–H and O–H groups in total. The molecule has 0 unspecified atom stereocenters. The van der Waals surface area contributed by atoms with Crippen LogP contribution < -0.4 is 0 Å². The molecule has 1 aromatic carbocycles. The minimum atomic E-state index is -3.52. The van der Waals surface area contributed by atoms with E-state index in [9.17, 15) is 18.3 Å². The Labute approximate surface area is 175 Å². The summed E-state index contributed by atoms with van der Waals surface area (Å²) in [5, 5.41) is 9.36. The Morgan fingerprint density at radius 1 is 1.24 bits per heavy atom. The van der Waals surface area contributed by atoms with Crippen molar-refractivity contribution in [2.45, 2.75) is 52.7 Å². The monoisotopic (exact) mass is 425 g/mol. The number of carbonyl (C=O) groups is 1. The summed E-state index contributed by atoms with van der Waals surface area (Å²) in [5.41, 5.74) is 2.17. The van der Waals surface area contributed by atoms with Crippen LogP contribution in [0.15, 0.2) is 24.3 Å². The SMILES string of the molecule is CN(C)CN(CCC(C)(C)C)Cc1cccc(CN2[C@H](C(=O)O)CCS2(=O)=O)c1. The van der Waals surface area contributed by atoms with Gasteiger partial charge in [0.05, 0.1) is 12.4 Å². The molecule has 7 nitrogen and oxygen atoms in total. The zero-order chi connectivity index (χ0) is 21.8. The first-order valence-electron chi connectivity index (χ1n) is 10.0. The maximum Gasteiger partial charge on any atom is 0.322 e. The Balaban J connectivity index is 2.13. The first kappa shape index (κ1) is 23.8. The molecule has 1 aliphatic heterocycles. The van der Waals surface area contributed by atoms with E-state index in [1.54, 1.807) is 0 Å². The predicted molar refractivity (Wildman–Crippen MR) is 115 cm³/mol. The summed E-state index contributed by atoms with van der Waals surface area (Å²) < 4.78 is 25.7. The van der Waals surface area contributed by atoms with Crippen LogP contribution in [0.1, 0.15) is 44.7 Å². The van der Waals surface area contributed by atoms with Crippen molar-refractivity contribution in [3.8, 4) is 0 Å². The molecule has 1 saturated heterocycles. The van der Waals surface area contributed by atoms with E-state index in [2.05, 4.69) is 30.6 Å². The van der Waals surface area contributed by atoms with Crippen LogP contribution in [0.2, 0.25) is 0 Å². The van der Waals surface area contributed by atoms with Crippen molar-refractivity contribution in [2.75, 3.05) is 33.1 Å². The third kappa shape index (κ3) is 7.37. The van der Waals surface area contributed by atoms with Crippen molar-refractivity contribution in [3.63, 3.8) is 0 Å². The maximum absolute atomic E-state index is 12.3. The molecule has 2 rings (SSSR count). The summed E-state index contributed by atoms with van der Waals surface area (Å²) in [6, 6.07) is 6.84. The van der Waals surface area contributed by atoms with Gasteiger partial charge in [0, 0.05) is 19.6 Å². The smallest absolute Gasteiger partial charge is 0.322 e. The molecule has 0 aliphatic carbocycles. The molecule has 0 aromatic heterocycles. The Hall–Kier alpha value is -1.48. The van der Waals surface area contributed by atoms with Gasteiger partial charge in [-0.3, -0.25) is 14.6 Å². The van der Waals surface area contributed by atoms with E-state index < -0.39 is 22.0 Å². The molecule has 0 amide bonds. The Bertz CT molecular complexity index is 802. The minimum Gasteiger partial charge on any atom is -0.480 e. The van der Waals surface area contributed by atoms with Gasteiger partial charge in [0.25, 0.3) is 0 Å². The minimum absolute atomic E-state index is 0.100. The lowest BCUT2D eigenvalue weighted by Crippen LogP contribution is -2.38. The van der Waals surface area contributed by atoms with Crippen molar-refractivity contribution < 1.29 is 18.3 Å². The average molecular weight is 426 g/mol. The molecule has 164 valence electrons. The highest BCUT2D eigenvalue weighted by molar-refractivity contribution is 7.89. The van der Waals surface area contributed by atoms with Gasteiger partial charge in [0.15, 0.2) is 0 Å². The van der Waals surface area contributed by atoms with Crippen LogP contribution in [0.25, 0.3) is 0 Å². The highest BCUT2D eigenvalue weighted by atomic mass is 32.2. The first-order chi connectivity index (χ1) is 13.4. The van der Waals surface area contributed by atoms with Gasteiger partial charge in [-0.05, 0) is 43.5 Å². The molecule has 29 heavy (non-hydrogen) atoms. The molecular weight excluding hydrogens is 390 g/mol. The second kappa shape index (κ2) is 9.55. The van der Waals surface area contributed by atoms with Crippen LogP contribution in [0.4, 0.5) is 0 Å². The average Bonchev–Trinajstić information content (AvgIpc) is 2.87. The van der Waals surface area contributed by atoms with Crippen molar-refractivity contribution in [3.05, 3.63) is 35.4 Å². The molecule has 0 spiro atoms. The summed E-state index contributed by atoms with van der Waals surface area (Å²) in [7, 11) is 0.572. The van der Waals surface area contributed by atoms with Crippen LogP contribution in [0.5, 0.6) is 0 Å². The van der Waals surface area contributed by atoms with E-state index in [1.165, 1.54) is 0 Å². The van der Waals surface area contributed by atoms with E-state index in [0.717, 1.165) is 41.6 Å². The van der Waals surface area contributed by atoms with E-state index in [-0.39, 0.29) is 24.1 Å². The largest absolute Gasteiger partial charge is 0.480 e. The third-order valence-corrected chi connectivity index (χ3v) is 6.89. The fourth-order valence-corrected chi connectivity index (χ4v) is 5.21. The lowest BCUT2D eigenvalue weighted by Gasteiger charge is -2.29. The Morgan fingerprint density at radius 2 is 1.90 bits per heavy atom. The number of sulfonamides is 1. The number of carboxylic acid groups (broad SMARTS) is 1. The molecule has 1 atom stereocenters. The van der Waals surface area contributed by atoms with Gasteiger partial charge < -0.3 is 5.11 Å². The fraction of sp³-hybridized carbons (Fsp3) is 0.667. The number of hydrogen-bond acceptors (Lipinski definition) is 5. The second-order valence-corrected chi connectivity index (χ2v) is 11.4. The molecule has 1 fully saturated rings. The van der Waals surface area contributed by atoms with Gasteiger partial charge in [-0.25, -0.2) is 8.42 Å². The number of aliphatic carboxylic acids is 1. The zero-order valence-electron chi connectivity index (χ0n) is 18.3. The van der Waals surface area contributed by atoms with Gasteiger partial charge in [-0.1, -0.05) is 45.0 Å². The summed E-state index contributed by atoms with van der Waals surface area (Å²) in [6.07, 6.45) is 1.22. The van der Waals surface area contributed by atoms with Crippen LogP contribution in [-0.2, 0) is 27.9 Å². The highest BCUT2D eigenvalue weighted by Gasteiger charge is 2.41. The van der Waals surface area contributed by atoms with Crippen LogP contribution in [0.3, 0.4) is 0 Å². The number of hydrogen-bond donors (Lipinski definition) is 1. The van der Waals surface area contributed by atoms with Gasteiger partial charge in [0.1, 0.15) is 6.04 Å². The predicted octanol–water partition coefficient (Wildman–Crippen LogP) is 2.43. The lowest BCUT2D eigenvalue weighted by atomic mass is 9.92. The molecule has 1 heterocycles. The number of benzene rings is 1. The Morgan fingerprint density at radius 3 is 2.48 bits per heavy atom. The summed E-state index contributed by atoms with van der Waals surface area (Å²) in [6.45, 7) is 9.36. The van der Waals surface area contributed by atoms with Crippen molar-refractivity contribution in [1.82, 2.24) is 14.1 Å². The molecule has 0 radical (unpaired) electrons. The van der Waals surface area contributed by atoms with Crippen molar-refractivity contribution >= 4 is 16.0 Å². The normalized spacial score (nSPS) is 19.9. The molecule has 1 aromatic rings. The highest BCUT2D eigenvalue weighted by Crippen LogP contribution is 2.25. The molecule has 0 saturated carbocycles. The molecular formula is C21H35N3O4S. The van der Waals surface area contributed by atoms with E-state index >= 15 is 0 Å². The third-order valence-electron chi connectivity index (χ3n) is 5.04. The van der Waals surface area contributed by atoms with E-state index in [4.69, 9.17) is 0 Å². The van der Waals surface area contributed by atoms with Crippen LogP contribution in [0, 0.1) is 5.41 Å². The van der Waals surface area contributed by atoms with Gasteiger partial charge in [-0.15, -0.1) is 0 Å². The van der Waals surface area contributed by atoms with Gasteiger partial charge >= 0.3 is 5.97 Å².